The first-order valence-electron chi connectivity index (χ1n) is 8.95. The number of nitrogens with zero attached hydrogens (tertiary/aromatic N) is 1. The van der Waals surface area contributed by atoms with Crippen LogP contribution in [0.3, 0.4) is 0 Å². The SMILES string of the molecule is COCC1(C(=O)NC2CCN(CC3CC3)CC2)CCNCC1. The number of likely N-dealkylation sites (tertiary alicyclic amines) is 1. The zero-order valence-electron chi connectivity index (χ0n) is 13.9. The van der Waals surface area contributed by atoms with Gasteiger partial charge in [-0.3, -0.25) is 4.79 Å². The molecule has 0 aromatic carbocycles. The Morgan fingerprint density at radius 3 is 2.50 bits per heavy atom. The van der Waals surface area contributed by atoms with Crippen LogP contribution in [-0.2, 0) is 9.53 Å². The van der Waals surface area contributed by atoms with E-state index in [2.05, 4.69) is 15.5 Å². The molecule has 3 rings (SSSR count). The summed E-state index contributed by atoms with van der Waals surface area (Å²) in [6.45, 7) is 5.93. The molecule has 1 aliphatic carbocycles. The summed E-state index contributed by atoms with van der Waals surface area (Å²) in [7, 11) is 1.70. The summed E-state index contributed by atoms with van der Waals surface area (Å²) in [5.74, 6) is 1.18. The highest BCUT2D eigenvalue weighted by atomic mass is 16.5. The van der Waals surface area contributed by atoms with Crippen molar-refractivity contribution in [1.29, 1.82) is 0 Å². The molecule has 0 aromatic heterocycles. The van der Waals surface area contributed by atoms with Crippen molar-refractivity contribution in [2.24, 2.45) is 11.3 Å². The topological polar surface area (TPSA) is 53.6 Å². The van der Waals surface area contributed by atoms with E-state index in [1.165, 1.54) is 19.4 Å². The Morgan fingerprint density at radius 1 is 1.23 bits per heavy atom. The molecule has 0 unspecified atom stereocenters. The van der Waals surface area contributed by atoms with Gasteiger partial charge in [-0.25, -0.2) is 0 Å². The van der Waals surface area contributed by atoms with Crippen LogP contribution < -0.4 is 10.6 Å². The van der Waals surface area contributed by atoms with Crippen molar-refractivity contribution < 1.29 is 9.53 Å². The standard InChI is InChI=1S/C17H31N3O2/c1-22-13-17(6-8-18-9-7-17)16(21)19-15-4-10-20(11-5-15)12-14-2-3-14/h14-15,18H,2-13H2,1H3,(H,19,21). The van der Waals surface area contributed by atoms with E-state index in [1.807, 2.05) is 0 Å². The van der Waals surface area contributed by atoms with Gasteiger partial charge in [0.25, 0.3) is 0 Å². The van der Waals surface area contributed by atoms with Crippen LogP contribution in [0, 0.1) is 11.3 Å². The highest BCUT2D eigenvalue weighted by molar-refractivity contribution is 5.83. The molecule has 2 saturated heterocycles. The third kappa shape index (κ3) is 4.00. The highest BCUT2D eigenvalue weighted by Crippen LogP contribution is 2.32. The van der Waals surface area contributed by atoms with Crippen LogP contribution in [0.4, 0.5) is 0 Å². The van der Waals surface area contributed by atoms with Gasteiger partial charge in [0.15, 0.2) is 0 Å². The maximum Gasteiger partial charge on any atom is 0.228 e. The van der Waals surface area contributed by atoms with Crippen LogP contribution in [0.25, 0.3) is 0 Å². The molecular weight excluding hydrogens is 278 g/mol. The maximum absolute atomic E-state index is 12.8. The van der Waals surface area contributed by atoms with E-state index >= 15 is 0 Å². The second-order valence-corrected chi connectivity index (χ2v) is 7.46. The molecule has 2 aliphatic heterocycles. The molecule has 1 amide bonds. The largest absolute Gasteiger partial charge is 0.384 e. The quantitative estimate of drug-likeness (QED) is 0.768. The average molecular weight is 309 g/mol. The minimum Gasteiger partial charge on any atom is -0.384 e. The van der Waals surface area contributed by atoms with Crippen molar-refractivity contribution in [1.82, 2.24) is 15.5 Å². The van der Waals surface area contributed by atoms with E-state index in [0.717, 1.165) is 57.8 Å². The fraction of sp³-hybridized carbons (Fsp3) is 0.941. The summed E-state index contributed by atoms with van der Waals surface area (Å²) in [6.07, 6.45) is 6.80. The van der Waals surface area contributed by atoms with Crippen molar-refractivity contribution >= 4 is 5.91 Å². The molecule has 5 nitrogen and oxygen atoms in total. The normalized spacial score (nSPS) is 26.8. The molecular formula is C17H31N3O2. The monoisotopic (exact) mass is 309 g/mol. The van der Waals surface area contributed by atoms with Gasteiger partial charge in [0.1, 0.15) is 0 Å². The van der Waals surface area contributed by atoms with Crippen molar-refractivity contribution in [3.8, 4) is 0 Å². The predicted octanol–water partition coefficient (Wildman–Crippen LogP) is 0.993. The molecule has 126 valence electrons. The number of piperidine rings is 2. The molecule has 3 fully saturated rings. The van der Waals surface area contributed by atoms with Crippen LogP contribution in [0.1, 0.15) is 38.5 Å². The molecule has 0 spiro atoms. The number of amides is 1. The minimum atomic E-state index is -0.314. The van der Waals surface area contributed by atoms with E-state index in [1.54, 1.807) is 7.11 Å². The average Bonchev–Trinajstić information content (AvgIpc) is 3.34. The summed E-state index contributed by atoms with van der Waals surface area (Å²) in [6, 6.07) is 0.353. The van der Waals surface area contributed by atoms with E-state index < -0.39 is 0 Å². The molecule has 0 aromatic rings. The molecule has 0 atom stereocenters. The Bertz CT molecular complexity index is 365. The molecule has 3 aliphatic rings. The number of nitrogens with one attached hydrogen (secondary N) is 2. The van der Waals surface area contributed by atoms with Crippen LogP contribution in [0.15, 0.2) is 0 Å². The van der Waals surface area contributed by atoms with Crippen molar-refractivity contribution in [3.05, 3.63) is 0 Å². The number of carbonyl (C=O) groups excluding carboxylic acids is 1. The van der Waals surface area contributed by atoms with Gasteiger partial charge in [-0.15, -0.1) is 0 Å². The predicted molar refractivity (Wildman–Crippen MR) is 86.7 cm³/mol. The van der Waals surface area contributed by atoms with Gasteiger partial charge in [-0.1, -0.05) is 0 Å². The Kier molecular flexibility index (Phi) is 5.37. The summed E-state index contributed by atoms with van der Waals surface area (Å²) < 4.78 is 5.37. The first-order valence-corrected chi connectivity index (χ1v) is 8.95. The van der Waals surface area contributed by atoms with E-state index in [4.69, 9.17) is 4.74 Å². The third-order valence-corrected chi connectivity index (χ3v) is 5.60. The van der Waals surface area contributed by atoms with Crippen LogP contribution in [0.5, 0.6) is 0 Å². The van der Waals surface area contributed by atoms with Gasteiger partial charge in [0.05, 0.1) is 12.0 Å². The van der Waals surface area contributed by atoms with E-state index in [0.29, 0.717) is 12.6 Å². The number of hydrogen-bond acceptors (Lipinski definition) is 4. The molecule has 0 radical (unpaired) electrons. The van der Waals surface area contributed by atoms with Crippen molar-refractivity contribution in [2.45, 2.75) is 44.6 Å². The number of rotatable bonds is 6. The van der Waals surface area contributed by atoms with Gasteiger partial charge >= 0.3 is 0 Å². The van der Waals surface area contributed by atoms with E-state index in [-0.39, 0.29) is 11.3 Å². The number of methoxy groups -OCH3 is 1. The smallest absolute Gasteiger partial charge is 0.228 e. The molecule has 5 heteroatoms. The van der Waals surface area contributed by atoms with Gasteiger partial charge in [0, 0.05) is 32.8 Å². The van der Waals surface area contributed by atoms with Crippen LogP contribution in [-0.4, -0.2) is 63.3 Å². The fourth-order valence-electron chi connectivity index (χ4n) is 3.88. The first-order chi connectivity index (χ1) is 10.7. The van der Waals surface area contributed by atoms with Gasteiger partial charge in [-0.2, -0.15) is 0 Å². The second-order valence-electron chi connectivity index (χ2n) is 7.46. The maximum atomic E-state index is 12.8. The zero-order chi connectivity index (χ0) is 15.4. The lowest BCUT2D eigenvalue weighted by Crippen LogP contribution is -2.54. The molecule has 2 heterocycles. The molecule has 22 heavy (non-hydrogen) atoms. The summed E-state index contributed by atoms with van der Waals surface area (Å²) in [5, 5.41) is 6.67. The first kappa shape index (κ1) is 16.2. The van der Waals surface area contributed by atoms with Crippen LogP contribution >= 0.6 is 0 Å². The number of carbonyl (C=O) groups is 1. The fourth-order valence-corrected chi connectivity index (χ4v) is 3.88. The Labute approximate surface area is 134 Å². The van der Waals surface area contributed by atoms with Gasteiger partial charge in [-0.05, 0) is 57.5 Å². The zero-order valence-corrected chi connectivity index (χ0v) is 13.9. The summed E-state index contributed by atoms with van der Waals surface area (Å²) in [4.78, 5) is 15.4. The highest BCUT2D eigenvalue weighted by Gasteiger charge is 2.40. The van der Waals surface area contributed by atoms with Gasteiger partial charge in [0.2, 0.25) is 5.91 Å². The van der Waals surface area contributed by atoms with Crippen molar-refractivity contribution in [2.75, 3.05) is 46.4 Å². The number of hydrogen-bond donors (Lipinski definition) is 2. The van der Waals surface area contributed by atoms with Gasteiger partial charge < -0.3 is 20.3 Å². The summed E-state index contributed by atoms with van der Waals surface area (Å²) >= 11 is 0. The molecule has 2 N–H and O–H groups in total. The summed E-state index contributed by atoms with van der Waals surface area (Å²) in [5.41, 5.74) is -0.314. The van der Waals surface area contributed by atoms with E-state index in [9.17, 15) is 4.79 Å². The minimum absolute atomic E-state index is 0.219. The number of ether oxygens (including phenoxy) is 1. The third-order valence-electron chi connectivity index (χ3n) is 5.60. The van der Waals surface area contributed by atoms with Crippen molar-refractivity contribution in [3.63, 3.8) is 0 Å². The lowest BCUT2D eigenvalue weighted by molar-refractivity contribution is -0.137. The second kappa shape index (κ2) is 7.28. The lowest BCUT2D eigenvalue weighted by Gasteiger charge is -2.38. The Balaban J connectivity index is 1.47. The lowest BCUT2D eigenvalue weighted by atomic mass is 9.78. The molecule has 1 saturated carbocycles. The molecule has 0 bridgehead atoms. The van der Waals surface area contributed by atoms with Crippen LogP contribution in [0.2, 0.25) is 0 Å². The Morgan fingerprint density at radius 2 is 1.91 bits per heavy atom. The Hall–Kier alpha value is -0.650.